The number of carbonyl (C=O) groups is 2. The summed E-state index contributed by atoms with van der Waals surface area (Å²) < 4.78 is 5.66. The Balaban J connectivity index is 1.73. The number of aromatic nitrogens is 1. The van der Waals surface area contributed by atoms with Gasteiger partial charge >= 0.3 is 5.97 Å². The maximum Gasteiger partial charge on any atom is 0.303 e. The maximum atomic E-state index is 11.8. The number of hydrogen-bond donors (Lipinski definition) is 2. The number of amides is 1. The van der Waals surface area contributed by atoms with Crippen LogP contribution in [0.1, 0.15) is 36.8 Å². The lowest BCUT2D eigenvalue weighted by Crippen LogP contribution is -2.22. The predicted molar refractivity (Wildman–Crippen MR) is 93.0 cm³/mol. The monoisotopic (exact) mass is 342 g/mol. The van der Waals surface area contributed by atoms with E-state index in [1.807, 2.05) is 36.4 Å². The van der Waals surface area contributed by atoms with Crippen molar-refractivity contribution in [3.05, 3.63) is 59.8 Å². The topological polar surface area (TPSA) is 88.5 Å². The lowest BCUT2D eigenvalue weighted by molar-refractivity contribution is -0.137. The van der Waals surface area contributed by atoms with E-state index >= 15 is 0 Å². The molecule has 0 radical (unpaired) electrons. The molecule has 0 bridgehead atoms. The van der Waals surface area contributed by atoms with Gasteiger partial charge in [-0.15, -0.1) is 0 Å². The van der Waals surface area contributed by atoms with Crippen LogP contribution >= 0.6 is 0 Å². The van der Waals surface area contributed by atoms with Crippen LogP contribution in [0.2, 0.25) is 0 Å². The molecule has 0 aliphatic carbocycles. The quantitative estimate of drug-likeness (QED) is 0.648. The molecule has 6 heteroatoms. The Labute approximate surface area is 146 Å². The highest BCUT2D eigenvalue weighted by atomic mass is 16.5. The number of nitrogens with zero attached hydrogens (tertiary/aromatic N) is 1. The molecule has 1 aromatic carbocycles. The Bertz CT molecular complexity index is 689. The summed E-state index contributed by atoms with van der Waals surface area (Å²) in [4.78, 5) is 26.3. The zero-order valence-electron chi connectivity index (χ0n) is 14.0. The van der Waals surface area contributed by atoms with Gasteiger partial charge in [-0.1, -0.05) is 30.3 Å². The second-order valence-electron chi connectivity index (χ2n) is 5.65. The predicted octanol–water partition coefficient (Wildman–Crippen LogP) is 2.92. The first-order valence-electron chi connectivity index (χ1n) is 8.23. The van der Waals surface area contributed by atoms with Gasteiger partial charge in [0.05, 0.1) is 0 Å². The van der Waals surface area contributed by atoms with Crippen molar-refractivity contribution in [2.24, 2.45) is 0 Å². The standard InChI is InChI=1S/C19H22N2O4/c22-17(8-4-5-9-19(23)24)21-13-16-10-11-20-18(12-16)25-14-15-6-2-1-3-7-15/h1-3,6-7,10-12H,4-5,8-9,13-14H2,(H,21,22)(H,23,24). The number of nitrogens with one attached hydrogen (secondary N) is 1. The lowest BCUT2D eigenvalue weighted by Gasteiger charge is -2.08. The Morgan fingerprint density at radius 1 is 1.04 bits per heavy atom. The summed E-state index contributed by atoms with van der Waals surface area (Å²) in [6.07, 6.45) is 3.15. The third-order valence-electron chi connectivity index (χ3n) is 3.56. The summed E-state index contributed by atoms with van der Waals surface area (Å²) in [5, 5.41) is 11.4. The average molecular weight is 342 g/mol. The number of unbranched alkanes of at least 4 members (excludes halogenated alkanes) is 1. The third kappa shape index (κ3) is 7.48. The Kier molecular flexibility index (Phi) is 7.43. The molecule has 1 amide bonds. The molecule has 1 aromatic heterocycles. The molecular weight excluding hydrogens is 320 g/mol. The van der Waals surface area contributed by atoms with Crippen molar-refractivity contribution in [1.29, 1.82) is 0 Å². The van der Waals surface area contributed by atoms with Gasteiger partial charge in [-0.25, -0.2) is 4.98 Å². The molecule has 2 N–H and O–H groups in total. The highest BCUT2D eigenvalue weighted by Crippen LogP contribution is 2.12. The van der Waals surface area contributed by atoms with Crippen molar-refractivity contribution in [2.45, 2.75) is 38.8 Å². The van der Waals surface area contributed by atoms with Crippen LogP contribution in [0, 0.1) is 0 Å². The van der Waals surface area contributed by atoms with E-state index in [0.29, 0.717) is 38.3 Å². The van der Waals surface area contributed by atoms with E-state index in [0.717, 1.165) is 11.1 Å². The van der Waals surface area contributed by atoms with Crippen LogP contribution in [0.5, 0.6) is 5.88 Å². The smallest absolute Gasteiger partial charge is 0.303 e. The number of aliphatic carboxylic acids is 1. The maximum absolute atomic E-state index is 11.8. The van der Waals surface area contributed by atoms with Gasteiger partial charge in [0.15, 0.2) is 0 Å². The Morgan fingerprint density at radius 3 is 2.56 bits per heavy atom. The zero-order valence-corrected chi connectivity index (χ0v) is 14.0. The normalized spacial score (nSPS) is 10.2. The van der Waals surface area contributed by atoms with Gasteiger partial charge in [-0.05, 0) is 30.0 Å². The largest absolute Gasteiger partial charge is 0.481 e. The van der Waals surface area contributed by atoms with Crippen molar-refractivity contribution in [1.82, 2.24) is 10.3 Å². The molecule has 0 unspecified atom stereocenters. The van der Waals surface area contributed by atoms with Crippen molar-refractivity contribution < 1.29 is 19.4 Å². The van der Waals surface area contributed by atoms with Crippen LogP contribution in [0.15, 0.2) is 48.7 Å². The van der Waals surface area contributed by atoms with Crippen molar-refractivity contribution in [2.75, 3.05) is 0 Å². The number of rotatable bonds is 10. The molecule has 0 saturated heterocycles. The fourth-order valence-corrected chi connectivity index (χ4v) is 2.22. The second-order valence-corrected chi connectivity index (χ2v) is 5.65. The number of ether oxygens (including phenoxy) is 1. The highest BCUT2D eigenvalue weighted by Gasteiger charge is 2.04. The van der Waals surface area contributed by atoms with Gasteiger partial charge < -0.3 is 15.2 Å². The lowest BCUT2D eigenvalue weighted by atomic mass is 10.2. The van der Waals surface area contributed by atoms with Gasteiger partial charge in [0, 0.05) is 31.6 Å². The molecule has 0 atom stereocenters. The number of carboxylic acid groups (broad SMARTS) is 1. The molecule has 2 rings (SSSR count). The summed E-state index contributed by atoms with van der Waals surface area (Å²) in [5.41, 5.74) is 1.96. The summed E-state index contributed by atoms with van der Waals surface area (Å²) in [6, 6.07) is 13.4. The first-order valence-corrected chi connectivity index (χ1v) is 8.23. The SMILES string of the molecule is O=C(O)CCCCC(=O)NCc1ccnc(OCc2ccccc2)c1. The fourth-order valence-electron chi connectivity index (χ4n) is 2.22. The van der Waals surface area contributed by atoms with Crippen LogP contribution in [0.3, 0.4) is 0 Å². The number of carbonyl (C=O) groups excluding carboxylic acids is 1. The third-order valence-corrected chi connectivity index (χ3v) is 3.56. The number of pyridine rings is 1. The fraction of sp³-hybridized carbons (Fsp3) is 0.316. The molecule has 0 spiro atoms. The van der Waals surface area contributed by atoms with Crippen LogP contribution in [0.25, 0.3) is 0 Å². The van der Waals surface area contributed by atoms with E-state index in [4.69, 9.17) is 9.84 Å². The van der Waals surface area contributed by atoms with E-state index < -0.39 is 5.97 Å². The van der Waals surface area contributed by atoms with Gasteiger partial charge in [-0.2, -0.15) is 0 Å². The van der Waals surface area contributed by atoms with Crippen LogP contribution in [0.4, 0.5) is 0 Å². The van der Waals surface area contributed by atoms with Crippen molar-refractivity contribution >= 4 is 11.9 Å². The summed E-state index contributed by atoms with van der Waals surface area (Å²) in [7, 11) is 0. The molecule has 0 aliphatic heterocycles. The molecule has 6 nitrogen and oxygen atoms in total. The highest BCUT2D eigenvalue weighted by molar-refractivity contribution is 5.75. The first kappa shape index (κ1) is 18.4. The molecule has 0 fully saturated rings. The van der Waals surface area contributed by atoms with Crippen molar-refractivity contribution in [3.63, 3.8) is 0 Å². The Morgan fingerprint density at radius 2 is 1.80 bits per heavy atom. The van der Waals surface area contributed by atoms with Crippen LogP contribution < -0.4 is 10.1 Å². The molecule has 0 aliphatic rings. The van der Waals surface area contributed by atoms with Crippen molar-refractivity contribution in [3.8, 4) is 5.88 Å². The first-order chi connectivity index (χ1) is 12.1. The second kappa shape index (κ2) is 10.1. The minimum Gasteiger partial charge on any atom is -0.481 e. The van der Waals surface area contributed by atoms with Crippen LogP contribution in [-0.2, 0) is 22.7 Å². The average Bonchev–Trinajstić information content (AvgIpc) is 2.63. The summed E-state index contributed by atoms with van der Waals surface area (Å²) in [5.74, 6) is -0.411. The van der Waals surface area contributed by atoms with E-state index in [-0.39, 0.29) is 12.3 Å². The molecule has 1 heterocycles. The van der Waals surface area contributed by atoms with E-state index in [2.05, 4.69) is 10.3 Å². The summed E-state index contributed by atoms with van der Waals surface area (Å²) >= 11 is 0. The number of hydrogen-bond acceptors (Lipinski definition) is 4. The zero-order chi connectivity index (χ0) is 17.9. The minimum absolute atomic E-state index is 0.0889. The van der Waals surface area contributed by atoms with E-state index in [1.54, 1.807) is 12.3 Å². The summed E-state index contributed by atoms with van der Waals surface area (Å²) in [6.45, 7) is 0.829. The van der Waals surface area contributed by atoms with Crippen LogP contribution in [-0.4, -0.2) is 22.0 Å². The van der Waals surface area contributed by atoms with Gasteiger partial charge in [-0.3, -0.25) is 9.59 Å². The molecule has 132 valence electrons. The van der Waals surface area contributed by atoms with E-state index in [1.165, 1.54) is 0 Å². The van der Waals surface area contributed by atoms with Gasteiger partial charge in [0.1, 0.15) is 6.61 Å². The minimum atomic E-state index is -0.833. The van der Waals surface area contributed by atoms with E-state index in [9.17, 15) is 9.59 Å². The van der Waals surface area contributed by atoms with Gasteiger partial charge in [0.2, 0.25) is 11.8 Å². The molecule has 2 aromatic rings. The molecular formula is C19H22N2O4. The Hall–Kier alpha value is -2.89. The molecule has 25 heavy (non-hydrogen) atoms. The number of benzene rings is 1. The van der Waals surface area contributed by atoms with Gasteiger partial charge in [0.25, 0.3) is 0 Å². The number of carboxylic acids is 1. The molecule has 0 saturated carbocycles.